The Bertz CT molecular complexity index is 563. The van der Waals surface area contributed by atoms with Crippen molar-refractivity contribution < 1.29 is 8.81 Å². The first-order valence-electron chi connectivity index (χ1n) is 6.77. The summed E-state index contributed by atoms with van der Waals surface area (Å²) in [5.41, 5.74) is 0.685. The van der Waals surface area contributed by atoms with Crippen molar-refractivity contribution in [3.63, 3.8) is 0 Å². The van der Waals surface area contributed by atoms with E-state index in [1.807, 2.05) is 12.1 Å². The van der Waals surface area contributed by atoms with Gasteiger partial charge in [0.15, 0.2) is 0 Å². The zero-order valence-electron chi connectivity index (χ0n) is 11.0. The molecule has 1 N–H and O–H groups in total. The summed E-state index contributed by atoms with van der Waals surface area (Å²) in [5.74, 6) is 3.22. The van der Waals surface area contributed by atoms with Crippen molar-refractivity contribution in [1.29, 1.82) is 0 Å². The molecule has 3 heteroatoms. The molecule has 0 saturated heterocycles. The maximum atomic E-state index is 13.4. The second kappa shape index (κ2) is 5.17. The van der Waals surface area contributed by atoms with Gasteiger partial charge in [-0.2, -0.15) is 0 Å². The third kappa shape index (κ3) is 2.87. The van der Waals surface area contributed by atoms with E-state index in [1.54, 1.807) is 12.1 Å². The fourth-order valence-corrected chi connectivity index (χ4v) is 2.37. The van der Waals surface area contributed by atoms with E-state index in [0.717, 1.165) is 17.4 Å². The van der Waals surface area contributed by atoms with Gasteiger partial charge in [-0.1, -0.05) is 25.1 Å². The second-order valence-electron chi connectivity index (χ2n) is 5.32. The molecular formula is C16H18FNO. The highest BCUT2D eigenvalue weighted by Gasteiger charge is 2.36. The zero-order valence-corrected chi connectivity index (χ0v) is 11.0. The predicted molar refractivity (Wildman–Crippen MR) is 72.2 cm³/mol. The third-order valence-corrected chi connectivity index (χ3v) is 3.73. The van der Waals surface area contributed by atoms with Gasteiger partial charge < -0.3 is 9.73 Å². The molecule has 3 rings (SSSR count). The van der Waals surface area contributed by atoms with Gasteiger partial charge in [0.25, 0.3) is 0 Å². The van der Waals surface area contributed by atoms with Crippen LogP contribution in [0.2, 0.25) is 0 Å². The molecule has 1 aromatic heterocycles. The lowest BCUT2D eigenvalue weighted by Crippen LogP contribution is -2.13. The van der Waals surface area contributed by atoms with Crippen LogP contribution in [0.5, 0.6) is 0 Å². The summed E-state index contributed by atoms with van der Waals surface area (Å²) >= 11 is 0. The van der Waals surface area contributed by atoms with Crippen LogP contribution in [0.1, 0.15) is 36.3 Å². The van der Waals surface area contributed by atoms with Crippen molar-refractivity contribution in [2.45, 2.75) is 32.4 Å². The van der Waals surface area contributed by atoms with Gasteiger partial charge in [-0.3, -0.25) is 0 Å². The van der Waals surface area contributed by atoms with Gasteiger partial charge in [-0.15, -0.1) is 0 Å². The SMILES string of the molecule is CC1CC1c1ccc(CNCc2ccccc2F)o1. The number of benzene rings is 1. The first-order valence-corrected chi connectivity index (χ1v) is 6.77. The Morgan fingerprint density at radius 1 is 1.21 bits per heavy atom. The number of nitrogens with one attached hydrogen (secondary N) is 1. The fourth-order valence-electron chi connectivity index (χ4n) is 2.37. The van der Waals surface area contributed by atoms with E-state index >= 15 is 0 Å². The van der Waals surface area contributed by atoms with Crippen LogP contribution in [0.15, 0.2) is 40.8 Å². The standard InChI is InChI=1S/C16H18FNO/c1-11-8-14(11)16-7-6-13(19-16)10-18-9-12-4-2-3-5-15(12)17/h2-7,11,14,18H,8-10H2,1H3. The van der Waals surface area contributed by atoms with E-state index in [2.05, 4.69) is 18.3 Å². The van der Waals surface area contributed by atoms with Gasteiger partial charge in [0.1, 0.15) is 17.3 Å². The number of furan rings is 1. The monoisotopic (exact) mass is 259 g/mol. The summed E-state index contributed by atoms with van der Waals surface area (Å²) in [6.07, 6.45) is 1.23. The molecule has 0 radical (unpaired) electrons. The summed E-state index contributed by atoms with van der Waals surface area (Å²) in [5, 5.41) is 3.21. The van der Waals surface area contributed by atoms with E-state index < -0.39 is 0 Å². The van der Waals surface area contributed by atoms with Crippen LogP contribution in [-0.2, 0) is 13.1 Å². The molecule has 1 aliphatic rings. The summed E-state index contributed by atoms with van der Waals surface area (Å²) in [4.78, 5) is 0. The zero-order chi connectivity index (χ0) is 13.2. The van der Waals surface area contributed by atoms with Crippen LogP contribution in [-0.4, -0.2) is 0 Å². The van der Waals surface area contributed by atoms with Crippen molar-refractivity contribution in [3.05, 3.63) is 59.3 Å². The van der Waals surface area contributed by atoms with E-state index in [4.69, 9.17) is 4.42 Å². The lowest BCUT2D eigenvalue weighted by Gasteiger charge is -2.04. The minimum absolute atomic E-state index is 0.165. The van der Waals surface area contributed by atoms with Crippen molar-refractivity contribution in [2.75, 3.05) is 0 Å². The molecule has 2 unspecified atom stereocenters. The van der Waals surface area contributed by atoms with Crippen molar-refractivity contribution in [1.82, 2.24) is 5.32 Å². The second-order valence-corrected chi connectivity index (χ2v) is 5.32. The highest BCUT2D eigenvalue weighted by Crippen LogP contribution is 2.47. The van der Waals surface area contributed by atoms with E-state index in [0.29, 0.717) is 24.6 Å². The van der Waals surface area contributed by atoms with Crippen molar-refractivity contribution >= 4 is 0 Å². The largest absolute Gasteiger partial charge is 0.464 e. The third-order valence-electron chi connectivity index (χ3n) is 3.73. The van der Waals surface area contributed by atoms with E-state index in [9.17, 15) is 4.39 Å². The molecule has 1 saturated carbocycles. The molecular weight excluding hydrogens is 241 g/mol. The van der Waals surface area contributed by atoms with Crippen LogP contribution < -0.4 is 5.32 Å². The first kappa shape index (κ1) is 12.4. The van der Waals surface area contributed by atoms with Crippen LogP contribution in [0.4, 0.5) is 4.39 Å². The molecule has 0 spiro atoms. The Morgan fingerprint density at radius 3 is 2.74 bits per heavy atom. The highest BCUT2D eigenvalue weighted by molar-refractivity contribution is 5.19. The summed E-state index contributed by atoms with van der Waals surface area (Å²) < 4.78 is 19.2. The van der Waals surface area contributed by atoms with Gasteiger partial charge in [0.05, 0.1) is 6.54 Å². The minimum atomic E-state index is -0.165. The number of hydrogen-bond acceptors (Lipinski definition) is 2. The molecule has 0 aliphatic heterocycles. The average Bonchev–Trinajstić information content (AvgIpc) is 2.96. The Hall–Kier alpha value is -1.61. The van der Waals surface area contributed by atoms with Gasteiger partial charge in [0, 0.05) is 18.0 Å². The Balaban J connectivity index is 1.52. The van der Waals surface area contributed by atoms with Crippen molar-refractivity contribution in [3.8, 4) is 0 Å². The van der Waals surface area contributed by atoms with E-state index in [-0.39, 0.29) is 5.82 Å². The quantitative estimate of drug-likeness (QED) is 0.882. The van der Waals surface area contributed by atoms with Crippen LogP contribution in [0, 0.1) is 11.7 Å². The smallest absolute Gasteiger partial charge is 0.127 e. The molecule has 2 aromatic rings. The fraction of sp³-hybridized carbons (Fsp3) is 0.375. The van der Waals surface area contributed by atoms with Gasteiger partial charge in [-0.05, 0) is 30.5 Å². The Labute approximate surface area is 112 Å². The summed E-state index contributed by atoms with van der Waals surface area (Å²) in [6.45, 7) is 3.39. The normalized spacial score (nSPS) is 21.6. The number of halogens is 1. The maximum absolute atomic E-state index is 13.4. The molecule has 100 valence electrons. The lowest BCUT2D eigenvalue weighted by atomic mass is 10.2. The minimum Gasteiger partial charge on any atom is -0.464 e. The summed E-state index contributed by atoms with van der Waals surface area (Å²) in [7, 11) is 0. The molecule has 0 amide bonds. The molecule has 1 fully saturated rings. The molecule has 19 heavy (non-hydrogen) atoms. The van der Waals surface area contributed by atoms with E-state index in [1.165, 1.54) is 12.5 Å². The predicted octanol–water partition coefficient (Wildman–Crippen LogP) is 3.83. The molecule has 2 atom stereocenters. The highest BCUT2D eigenvalue weighted by atomic mass is 19.1. The van der Waals surface area contributed by atoms with Crippen LogP contribution >= 0.6 is 0 Å². The molecule has 1 aromatic carbocycles. The topological polar surface area (TPSA) is 25.2 Å². The van der Waals surface area contributed by atoms with Gasteiger partial charge in [-0.25, -0.2) is 4.39 Å². The Kier molecular flexibility index (Phi) is 3.38. The van der Waals surface area contributed by atoms with Gasteiger partial charge in [0.2, 0.25) is 0 Å². The van der Waals surface area contributed by atoms with Crippen molar-refractivity contribution in [2.24, 2.45) is 5.92 Å². The first-order chi connectivity index (χ1) is 9.24. The molecule has 1 aliphatic carbocycles. The molecule has 1 heterocycles. The Morgan fingerprint density at radius 2 is 2.00 bits per heavy atom. The van der Waals surface area contributed by atoms with Crippen LogP contribution in [0.3, 0.4) is 0 Å². The molecule has 0 bridgehead atoms. The van der Waals surface area contributed by atoms with Gasteiger partial charge >= 0.3 is 0 Å². The average molecular weight is 259 g/mol. The lowest BCUT2D eigenvalue weighted by molar-refractivity contribution is 0.442. The maximum Gasteiger partial charge on any atom is 0.127 e. The van der Waals surface area contributed by atoms with Crippen LogP contribution in [0.25, 0.3) is 0 Å². The summed E-state index contributed by atoms with van der Waals surface area (Å²) in [6, 6.07) is 10.9. The number of rotatable bonds is 5. The molecule has 2 nitrogen and oxygen atoms in total. The number of hydrogen-bond donors (Lipinski definition) is 1.